The minimum absolute atomic E-state index is 0.00257. The van der Waals surface area contributed by atoms with Gasteiger partial charge in [0.25, 0.3) is 0 Å². The van der Waals surface area contributed by atoms with E-state index in [0.717, 1.165) is 49.2 Å². The van der Waals surface area contributed by atoms with Crippen LogP contribution in [0, 0.1) is 19.8 Å². The average molecular weight is 276 g/mol. The molecule has 1 unspecified atom stereocenters. The van der Waals surface area contributed by atoms with Gasteiger partial charge in [-0.05, 0) is 39.5 Å². The van der Waals surface area contributed by atoms with Gasteiger partial charge in [-0.25, -0.2) is 0 Å². The molecule has 2 fully saturated rings. The van der Waals surface area contributed by atoms with Gasteiger partial charge in [0.05, 0.1) is 16.9 Å². The number of aryl methyl sites for hydroxylation is 2. The number of rotatable bonds is 2. The van der Waals surface area contributed by atoms with Crippen molar-refractivity contribution >= 4 is 5.78 Å². The number of Topliss-reactive ketones (excluding diaryl/α,β-unsaturated/α-hetero) is 1. The largest absolute Gasteiger partial charge is 0.375 e. The number of carbonyl (C=O) groups is 1. The molecule has 3 rings (SSSR count). The molecule has 110 valence electrons. The highest BCUT2D eigenvalue weighted by Gasteiger charge is 2.42. The molecule has 1 aromatic heterocycles. The first-order chi connectivity index (χ1) is 9.52. The Balaban J connectivity index is 1.83. The van der Waals surface area contributed by atoms with Crippen LogP contribution in [-0.2, 0) is 11.8 Å². The highest BCUT2D eigenvalue weighted by atomic mass is 16.5. The molecule has 0 aromatic carbocycles. The fourth-order valence-corrected chi connectivity index (χ4v) is 3.95. The van der Waals surface area contributed by atoms with Gasteiger partial charge in [-0.1, -0.05) is 12.8 Å². The maximum absolute atomic E-state index is 12.9. The maximum atomic E-state index is 12.9. The minimum atomic E-state index is 0.00257. The molecule has 1 saturated carbocycles. The Labute approximate surface area is 120 Å². The summed E-state index contributed by atoms with van der Waals surface area (Å²) >= 11 is 0. The van der Waals surface area contributed by atoms with Crippen LogP contribution in [0.15, 0.2) is 0 Å². The number of ether oxygens (including phenoxy) is 1. The van der Waals surface area contributed by atoms with Crippen LogP contribution in [0.5, 0.6) is 0 Å². The lowest BCUT2D eigenvalue weighted by molar-refractivity contribution is -0.0866. The maximum Gasteiger partial charge on any atom is 0.169 e. The molecule has 0 bridgehead atoms. The zero-order valence-electron chi connectivity index (χ0n) is 12.7. The molecular weight excluding hydrogens is 252 g/mol. The highest BCUT2D eigenvalue weighted by Crippen LogP contribution is 2.43. The van der Waals surface area contributed by atoms with E-state index in [9.17, 15) is 4.79 Å². The van der Waals surface area contributed by atoms with Crippen molar-refractivity contribution in [2.45, 2.75) is 58.0 Å². The van der Waals surface area contributed by atoms with E-state index < -0.39 is 0 Å². The summed E-state index contributed by atoms with van der Waals surface area (Å²) in [7, 11) is 1.90. The summed E-state index contributed by atoms with van der Waals surface area (Å²) in [4.78, 5) is 12.9. The molecule has 4 heteroatoms. The van der Waals surface area contributed by atoms with E-state index in [1.165, 1.54) is 12.8 Å². The van der Waals surface area contributed by atoms with Crippen molar-refractivity contribution in [2.75, 3.05) is 6.61 Å². The van der Waals surface area contributed by atoms with E-state index in [1.54, 1.807) is 0 Å². The molecule has 1 aromatic rings. The van der Waals surface area contributed by atoms with E-state index in [2.05, 4.69) is 5.10 Å². The molecular formula is C16H24N2O2. The number of ketones is 1. The second-order valence-corrected chi connectivity index (χ2v) is 6.46. The van der Waals surface area contributed by atoms with Gasteiger partial charge < -0.3 is 4.74 Å². The molecule has 1 saturated heterocycles. The van der Waals surface area contributed by atoms with Gasteiger partial charge in [-0.3, -0.25) is 9.48 Å². The third-order valence-corrected chi connectivity index (χ3v) is 5.13. The lowest BCUT2D eigenvalue weighted by atomic mass is 9.80. The average Bonchev–Trinajstić information content (AvgIpc) is 2.95. The van der Waals surface area contributed by atoms with Crippen LogP contribution in [0.25, 0.3) is 0 Å². The van der Waals surface area contributed by atoms with E-state index in [4.69, 9.17) is 4.74 Å². The Morgan fingerprint density at radius 1 is 1.35 bits per heavy atom. The molecule has 2 aliphatic rings. The van der Waals surface area contributed by atoms with Gasteiger partial charge in [-0.15, -0.1) is 0 Å². The van der Waals surface area contributed by atoms with Crippen LogP contribution in [0.4, 0.5) is 0 Å². The minimum Gasteiger partial charge on any atom is -0.375 e. The number of hydrogen-bond acceptors (Lipinski definition) is 3. The van der Waals surface area contributed by atoms with Crippen LogP contribution in [0.3, 0.4) is 0 Å². The SMILES string of the molecule is Cc1nn(C)c(C)c1C(=O)C1CCOC2(CCCC2)C1. The van der Waals surface area contributed by atoms with Crippen molar-refractivity contribution in [3.63, 3.8) is 0 Å². The molecule has 1 aliphatic carbocycles. The summed E-state index contributed by atoms with van der Waals surface area (Å²) in [5, 5.41) is 4.38. The third kappa shape index (κ3) is 2.20. The van der Waals surface area contributed by atoms with E-state index in [1.807, 2.05) is 25.6 Å². The van der Waals surface area contributed by atoms with Gasteiger partial charge >= 0.3 is 0 Å². The number of nitrogens with zero attached hydrogens (tertiary/aromatic N) is 2. The fraction of sp³-hybridized carbons (Fsp3) is 0.750. The summed E-state index contributed by atoms with van der Waals surface area (Å²) < 4.78 is 7.85. The Hall–Kier alpha value is -1.16. The van der Waals surface area contributed by atoms with Crippen molar-refractivity contribution in [1.29, 1.82) is 0 Å². The van der Waals surface area contributed by atoms with Crippen LogP contribution in [0.1, 0.15) is 60.3 Å². The summed E-state index contributed by atoms with van der Waals surface area (Å²) in [6.45, 7) is 4.65. The van der Waals surface area contributed by atoms with Gasteiger partial charge in [0.1, 0.15) is 0 Å². The fourth-order valence-electron chi connectivity index (χ4n) is 3.95. The second-order valence-electron chi connectivity index (χ2n) is 6.46. The van der Waals surface area contributed by atoms with Gasteiger partial charge in [0.15, 0.2) is 5.78 Å². The van der Waals surface area contributed by atoms with E-state index >= 15 is 0 Å². The van der Waals surface area contributed by atoms with Crippen molar-refractivity contribution in [2.24, 2.45) is 13.0 Å². The zero-order valence-corrected chi connectivity index (χ0v) is 12.7. The second kappa shape index (κ2) is 4.99. The Morgan fingerprint density at radius 2 is 2.05 bits per heavy atom. The summed E-state index contributed by atoms with van der Waals surface area (Å²) in [5.41, 5.74) is 2.69. The van der Waals surface area contributed by atoms with Crippen LogP contribution < -0.4 is 0 Å². The lowest BCUT2D eigenvalue weighted by Gasteiger charge is -2.37. The Bertz CT molecular complexity index is 527. The van der Waals surface area contributed by atoms with Gasteiger partial charge in [0, 0.05) is 25.3 Å². The quantitative estimate of drug-likeness (QED) is 0.780. The Kier molecular flexibility index (Phi) is 3.44. The highest BCUT2D eigenvalue weighted by molar-refractivity contribution is 6.00. The third-order valence-electron chi connectivity index (χ3n) is 5.13. The zero-order chi connectivity index (χ0) is 14.3. The van der Waals surface area contributed by atoms with Crippen LogP contribution >= 0.6 is 0 Å². The predicted octanol–water partition coefficient (Wildman–Crippen LogP) is 2.96. The van der Waals surface area contributed by atoms with Gasteiger partial charge in [0.2, 0.25) is 0 Å². The van der Waals surface area contributed by atoms with E-state index in [0.29, 0.717) is 0 Å². The first-order valence-electron chi connectivity index (χ1n) is 7.71. The first kappa shape index (κ1) is 13.8. The monoisotopic (exact) mass is 276 g/mol. The molecule has 1 aliphatic heterocycles. The Morgan fingerprint density at radius 3 is 2.65 bits per heavy atom. The van der Waals surface area contributed by atoms with Crippen molar-refractivity contribution in [1.82, 2.24) is 9.78 Å². The van der Waals surface area contributed by atoms with Crippen LogP contribution in [-0.4, -0.2) is 27.8 Å². The molecule has 0 N–H and O–H groups in total. The standard InChI is InChI=1S/C16H24N2O2/c1-11-14(12(2)18(3)17-11)15(19)13-6-9-20-16(10-13)7-4-5-8-16/h13H,4-10H2,1-3H3. The summed E-state index contributed by atoms with van der Waals surface area (Å²) in [6.07, 6.45) is 6.50. The predicted molar refractivity (Wildman–Crippen MR) is 76.9 cm³/mol. The van der Waals surface area contributed by atoms with E-state index in [-0.39, 0.29) is 17.3 Å². The normalized spacial score (nSPS) is 25.2. The van der Waals surface area contributed by atoms with Crippen molar-refractivity contribution < 1.29 is 9.53 Å². The first-order valence-corrected chi connectivity index (χ1v) is 7.71. The summed E-state index contributed by atoms with van der Waals surface area (Å²) in [6, 6.07) is 0. The van der Waals surface area contributed by atoms with Gasteiger partial charge in [-0.2, -0.15) is 5.10 Å². The van der Waals surface area contributed by atoms with Crippen molar-refractivity contribution in [3.8, 4) is 0 Å². The molecule has 1 atom stereocenters. The summed E-state index contributed by atoms with van der Waals surface area (Å²) in [5.74, 6) is 0.395. The molecule has 0 amide bonds. The van der Waals surface area contributed by atoms with Crippen molar-refractivity contribution in [3.05, 3.63) is 17.0 Å². The molecule has 2 heterocycles. The number of aromatic nitrogens is 2. The molecule has 4 nitrogen and oxygen atoms in total. The molecule has 0 radical (unpaired) electrons. The topological polar surface area (TPSA) is 44.1 Å². The molecule has 1 spiro atoms. The molecule has 20 heavy (non-hydrogen) atoms. The lowest BCUT2D eigenvalue weighted by Crippen LogP contribution is -2.40. The number of hydrogen-bond donors (Lipinski definition) is 0. The number of carbonyl (C=O) groups excluding carboxylic acids is 1. The smallest absolute Gasteiger partial charge is 0.169 e. The van der Waals surface area contributed by atoms with Crippen LogP contribution in [0.2, 0.25) is 0 Å².